The van der Waals surface area contributed by atoms with E-state index in [1.54, 1.807) is 0 Å². The molecule has 0 fully saturated rings. The highest BCUT2D eigenvalue weighted by atomic mass is 16.1. The van der Waals surface area contributed by atoms with Crippen LogP contribution in [0.2, 0.25) is 0 Å². The number of carbonyl (C=O) groups excluding carboxylic acids is 1. The fraction of sp³-hybridized carbons (Fsp3) is 0.278. The maximum absolute atomic E-state index is 12.0. The molecule has 110 valence electrons. The minimum atomic E-state index is 0.00752. The van der Waals surface area contributed by atoms with E-state index in [0.29, 0.717) is 6.42 Å². The fourth-order valence-corrected chi connectivity index (χ4v) is 2.04. The van der Waals surface area contributed by atoms with Crippen molar-refractivity contribution in [3.05, 3.63) is 59.7 Å². The Bertz CT molecular complexity index is 573. The molecule has 2 N–H and O–H groups in total. The van der Waals surface area contributed by atoms with Crippen LogP contribution in [0.1, 0.15) is 24.5 Å². The molecule has 0 aliphatic rings. The van der Waals surface area contributed by atoms with E-state index < -0.39 is 0 Å². The van der Waals surface area contributed by atoms with Gasteiger partial charge in [0.15, 0.2) is 0 Å². The van der Waals surface area contributed by atoms with E-state index in [2.05, 4.69) is 17.6 Å². The van der Waals surface area contributed by atoms with Gasteiger partial charge in [-0.1, -0.05) is 36.8 Å². The predicted molar refractivity (Wildman–Crippen MR) is 88.7 cm³/mol. The molecule has 0 spiro atoms. The van der Waals surface area contributed by atoms with Crippen LogP contribution in [0.15, 0.2) is 48.5 Å². The number of amides is 1. The van der Waals surface area contributed by atoms with Gasteiger partial charge in [0.1, 0.15) is 0 Å². The lowest BCUT2D eigenvalue weighted by atomic mass is 10.1. The molecule has 0 saturated carbocycles. The molecule has 0 atom stereocenters. The van der Waals surface area contributed by atoms with Gasteiger partial charge in [-0.05, 0) is 43.2 Å². The van der Waals surface area contributed by atoms with Gasteiger partial charge in [0.2, 0.25) is 5.91 Å². The van der Waals surface area contributed by atoms with Gasteiger partial charge in [-0.15, -0.1) is 0 Å². The zero-order valence-corrected chi connectivity index (χ0v) is 12.6. The molecule has 1 amide bonds. The zero-order chi connectivity index (χ0) is 15.1. The van der Waals surface area contributed by atoms with E-state index >= 15 is 0 Å². The van der Waals surface area contributed by atoms with E-state index in [1.165, 1.54) is 5.56 Å². The molecule has 2 rings (SSSR count). The first kappa shape index (κ1) is 15.1. The van der Waals surface area contributed by atoms with E-state index in [1.807, 2.05) is 55.5 Å². The minimum Gasteiger partial charge on any atom is -0.385 e. The van der Waals surface area contributed by atoms with Crippen molar-refractivity contribution in [1.29, 1.82) is 0 Å². The van der Waals surface area contributed by atoms with Crippen molar-refractivity contribution < 1.29 is 4.79 Å². The number of benzene rings is 2. The molecular formula is C18H22N2O. The first-order valence-corrected chi connectivity index (χ1v) is 7.36. The number of hydrogen-bond donors (Lipinski definition) is 2. The minimum absolute atomic E-state index is 0.00752. The molecule has 0 unspecified atom stereocenters. The summed E-state index contributed by atoms with van der Waals surface area (Å²) in [4.78, 5) is 12.0. The number of carbonyl (C=O) groups is 1. The van der Waals surface area contributed by atoms with E-state index in [0.717, 1.165) is 29.9 Å². The summed E-state index contributed by atoms with van der Waals surface area (Å²) in [6.45, 7) is 5.13. The number of anilines is 2. The summed E-state index contributed by atoms with van der Waals surface area (Å²) < 4.78 is 0. The first-order valence-electron chi connectivity index (χ1n) is 7.36. The van der Waals surface area contributed by atoms with Crippen molar-refractivity contribution in [2.75, 3.05) is 17.2 Å². The quantitative estimate of drug-likeness (QED) is 0.841. The maximum Gasteiger partial charge on any atom is 0.228 e. The molecule has 0 aromatic heterocycles. The monoisotopic (exact) mass is 282 g/mol. The van der Waals surface area contributed by atoms with Crippen LogP contribution in [0.3, 0.4) is 0 Å². The summed E-state index contributed by atoms with van der Waals surface area (Å²) in [7, 11) is 0. The van der Waals surface area contributed by atoms with E-state index in [-0.39, 0.29) is 5.91 Å². The highest BCUT2D eigenvalue weighted by molar-refractivity contribution is 5.92. The van der Waals surface area contributed by atoms with Gasteiger partial charge in [0.25, 0.3) is 0 Å². The summed E-state index contributed by atoms with van der Waals surface area (Å²) >= 11 is 0. The molecule has 3 heteroatoms. The number of nitrogens with one attached hydrogen (secondary N) is 2. The molecule has 0 saturated heterocycles. The van der Waals surface area contributed by atoms with Gasteiger partial charge < -0.3 is 10.6 Å². The van der Waals surface area contributed by atoms with Crippen LogP contribution in [0.25, 0.3) is 0 Å². The second kappa shape index (κ2) is 7.48. The van der Waals surface area contributed by atoms with Gasteiger partial charge in [0.05, 0.1) is 6.42 Å². The Balaban J connectivity index is 1.88. The molecule has 2 aromatic rings. The summed E-state index contributed by atoms with van der Waals surface area (Å²) in [6.07, 6.45) is 1.49. The predicted octanol–water partition coefficient (Wildman–Crippen LogP) is 4.00. The second-order valence-corrected chi connectivity index (χ2v) is 5.21. The van der Waals surface area contributed by atoms with Crippen LogP contribution >= 0.6 is 0 Å². The van der Waals surface area contributed by atoms with Crippen molar-refractivity contribution in [2.45, 2.75) is 26.7 Å². The number of aryl methyl sites for hydroxylation is 1. The van der Waals surface area contributed by atoms with Crippen LogP contribution in [0.4, 0.5) is 11.4 Å². The number of rotatable bonds is 6. The largest absolute Gasteiger partial charge is 0.385 e. The van der Waals surface area contributed by atoms with Crippen LogP contribution < -0.4 is 10.6 Å². The maximum atomic E-state index is 12.0. The normalized spacial score (nSPS) is 10.2. The molecule has 2 aromatic carbocycles. The average Bonchev–Trinajstić information content (AvgIpc) is 2.49. The van der Waals surface area contributed by atoms with E-state index in [4.69, 9.17) is 0 Å². The Morgan fingerprint density at radius 1 is 0.952 bits per heavy atom. The molecular weight excluding hydrogens is 260 g/mol. The summed E-state index contributed by atoms with van der Waals surface area (Å²) in [5.74, 6) is 0.00752. The Morgan fingerprint density at radius 3 is 2.19 bits per heavy atom. The van der Waals surface area contributed by atoms with Crippen molar-refractivity contribution in [1.82, 2.24) is 0 Å². The van der Waals surface area contributed by atoms with Crippen LogP contribution in [-0.4, -0.2) is 12.5 Å². The average molecular weight is 282 g/mol. The van der Waals surface area contributed by atoms with Gasteiger partial charge >= 0.3 is 0 Å². The van der Waals surface area contributed by atoms with Crippen molar-refractivity contribution in [2.24, 2.45) is 0 Å². The molecule has 3 nitrogen and oxygen atoms in total. The third kappa shape index (κ3) is 4.95. The lowest BCUT2D eigenvalue weighted by molar-refractivity contribution is -0.115. The molecule has 0 bridgehead atoms. The van der Waals surface area contributed by atoms with Crippen molar-refractivity contribution in [3.8, 4) is 0 Å². The van der Waals surface area contributed by atoms with E-state index in [9.17, 15) is 4.79 Å². The Morgan fingerprint density at radius 2 is 1.57 bits per heavy atom. The zero-order valence-electron chi connectivity index (χ0n) is 12.6. The lowest BCUT2D eigenvalue weighted by Gasteiger charge is -2.08. The summed E-state index contributed by atoms with van der Waals surface area (Å²) in [6, 6.07) is 15.8. The van der Waals surface area contributed by atoms with Crippen LogP contribution in [0.5, 0.6) is 0 Å². The Hall–Kier alpha value is -2.29. The number of hydrogen-bond acceptors (Lipinski definition) is 2. The van der Waals surface area contributed by atoms with Gasteiger partial charge in [-0.3, -0.25) is 4.79 Å². The highest BCUT2D eigenvalue weighted by Gasteiger charge is 2.04. The molecule has 21 heavy (non-hydrogen) atoms. The third-order valence-electron chi connectivity index (χ3n) is 3.23. The Kier molecular flexibility index (Phi) is 5.38. The molecule has 0 aliphatic carbocycles. The second-order valence-electron chi connectivity index (χ2n) is 5.21. The topological polar surface area (TPSA) is 41.1 Å². The van der Waals surface area contributed by atoms with Gasteiger partial charge in [-0.25, -0.2) is 0 Å². The van der Waals surface area contributed by atoms with Gasteiger partial charge in [-0.2, -0.15) is 0 Å². The van der Waals surface area contributed by atoms with Crippen LogP contribution in [-0.2, 0) is 11.2 Å². The standard InChI is InChI=1S/C18H22N2O/c1-3-12-19-16-8-10-17(11-9-16)20-18(21)13-15-6-4-14(2)5-7-15/h4-11,19H,3,12-13H2,1-2H3,(H,20,21). The Labute approximate surface area is 126 Å². The van der Waals surface area contributed by atoms with Crippen molar-refractivity contribution >= 4 is 17.3 Å². The van der Waals surface area contributed by atoms with Gasteiger partial charge in [0, 0.05) is 17.9 Å². The summed E-state index contributed by atoms with van der Waals surface area (Å²) in [5.41, 5.74) is 4.14. The molecule has 0 radical (unpaired) electrons. The fourth-order valence-electron chi connectivity index (χ4n) is 2.04. The molecule has 0 heterocycles. The summed E-state index contributed by atoms with van der Waals surface area (Å²) in [5, 5.41) is 6.23. The van der Waals surface area contributed by atoms with Crippen LogP contribution in [0, 0.1) is 6.92 Å². The third-order valence-corrected chi connectivity index (χ3v) is 3.23. The lowest BCUT2D eigenvalue weighted by Crippen LogP contribution is -2.14. The first-order chi connectivity index (χ1) is 10.2. The van der Waals surface area contributed by atoms with Crippen molar-refractivity contribution in [3.63, 3.8) is 0 Å². The highest BCUT2D eigenvalue weighted by Crippen LogP contribution is 2.14. The molecule has 0 aliphatic heterocycles. The smallest absolute Gasteiger partial charge is 0.228 e. The SMILES string of the molecule is CCCNc1ccc(NC(=O)Cc2ccc(C)cc2)cc1.